The lowest BCUT2D eigenvalue weighted by Crippen LogP contribution is -2.24. The van der Waals surface area contributed by atoms with Gasteiger partial charge in [-0.05, 0) is 106 Å². The molecule has 108 heavy (non-hydrogen) atoms. The topological polar surface area (TPSA) is 76.0 Å². The second-order valence-electron chi connectivity index (χ2n) is 39.1. The highest BCUT2D eigenvalue weighted by Crippen LogP contribution is 2.50. The summed E-state index contributed by atoms with van der Waals surface area (Å²) in [6, 6.07) is 0. The van der Waals surface area contributed by atoms with Gasteiger partial charge in [-0.15, -0.1) is 0 Å². The molecule has 0 spiro atoms. The molecule has 5 nitrogen and oxygen atoms in total. The fourth-order valence-corrected chi connectivity index (χ4v) is 18.8. The summed E-state index contributed by atoms with van der Waals surface area (Å²) in [7, 11) is -3.04. The van der Waals surface area contributed by atoms with E-state index in [9.17, 15) is 10.2 Å². The van der Waals surface area contributed by atoms with Crippen molar-refractivity contribution in [3.63, 3.8) is 0 Å². The lowest BCUT2D eigenvalue weighted by Gasteiger charge is -2.35. The second kappa shape index (κ2) is 64.4. The minimum absolute atomic E-state index is 0.209. The van der Waals surface area contributed by atoms with Crippen molar-refractivity contribution in [2.24, 2.45) is 0 Å². The standard InChI is InChI=1S/C102H191O5P/c1-17-21-25-29-33-37-41-45-49-53-57-61-65-69-73-77-81-87-91(88(94(100(8,9)10)97(103)93(87)99(5,6)7)82-78-74-70-66-62-58-54-50-46-42-38-34-30-26-22-18-2)85-106-108(105)107-86-92-89(83-79-75-71-67-63-59-55-51-47-43-39-35-31-27-23-19-3)95(101(11,12)13)98(104)96(102(14,15)16)90(92)84-80-76-72-68-64-60-56-52-48-44-40-36-32-28-24-20-4/h103-104,108H,17-86H2,1-16H3. The van der Waals surface area contributed by atoms with Crippen LogP contribution in [-0.2, 0) is 74.2 Å². The summed E-state index contributed by atoms with van der Waals surface area (Å²) in [4.78, 5) is 0. The van der Waals surface area contributed by atoms with Crippen LogP contribution in [0.5, 0.6) is 11.5 Å². The average Bonchev–Trinajstić information content (AvgIpc) is 0.750. The van der Waals surface area contributed by atoms with E-state index < -0.39 is 8.25 Å². The highest BCUT2D eigenvalue weighted by molar-refractivity contribution is 7.33. The first-order valence-electron chi connectivity index (χ1n) is 48.6. The predicted octanol–water partition coefficient (Wildman–Crippen LogP) is 35.6. The third kappa shape index (κ3) is 47.9. The molecule has 0 saturated carbocycles. The second-order valence-corrected chi connectivity index (χ2v) is 40.2. The summed E-state index contributed by atoms with van der Waals surface area (Å²) in [6.07, 6.45) is 89.0. The van der Waals surface area contributed by atoms with Crippen molar-refractivity contribution in [1.82, 2.24) is 0 Å². The van der Waals surface area contributed by atoms with Crippen molar-refractivity contribution < 1.29 is 23.8 Å². The van der Waals surface area contributed by atoms with E-state index in [1.807, 2.05) is 0 Å². The van der Waals surface area contributed by atoms with Crippen LogP contribution in [0.25, 0.3) is 0 Å². The van der Waals surface area contributed by atoms with Gasteiger partial charge >= 0.3 is 8.25 Å². The summed E-state index contributed by atoms with van der Waals surface area (Å²) in [6.45, 7) is 37.0. The molecular formula is C102H191O5P. The third-order valence-electron chi connectivity index (χ3n) is 24.4. The van der Waals surface area contributed by atoms with E-state index in [-0.39, 0.29) is 34.9 Å². The molecule has 2 aromatic rings. The van der Waals surface area contributed by atoms with Gasteiger partial charge in [0.2, 0.25) is 0 Å². The number of hydrogen-bond acceptors (Lipinski definition) is 5. The van der Waals surface area contributed by atoms with Crippen LogP contribution >= 0.6 is 8.25 Å². The van der Waals surface area contributed by atoms with Crippen molar-refractivity contribution in [3.05, 3.63) is 55.6 Å². The van der Waals surface area contributed by atoms with E-state index in [4.69, 9.17) is 9.05 Å². The molecule has 2 aromatic carbocycles. The van der Waals surface area contributed by atoms with Gasteiger partial charge in [-0.1, -0.05) is 496 Å². The zero-order valence-electron chi connectivity index (χ0n) is 76.1. The van der Waals surface area contributed by atoms with E-state index in [2.05, 4.69) is 111 Å². The van der Waals surface area contributed by atoms with Gasteiger partial charge in [-0.25, -0.2) is 0 Å². The van der Waals surface area contributed by atoms with Gasteiger partial charge in [-0.3, -0.25) is 4.57 Å². The maximum Gasteiger partial charge on any atom is 0.319 e. The Bertz CT molecular complexity index is 2140. The number of phenolic OH excluding ortho intramolecular Hbond substituents is 2. The fraction of sp³-hybridized carbons (Fsp3) is 0.882. The van der Waals surface area contributed by atoms with Crippen LogP contribution in [0.3, 0.4) is 0 Å². The van der Waals surface area contributed by atoms with E-state index in [0.717, 1.165) is 84.7 Å². The number of aromatic hydroxyl groups is 2. The number of hydrogen-bond donors (Lipinski definition) is 2. The van der Waals surface area contributed by atoms with Gasteiger partial charge in [0.05, 0.1) is 13.2 Å². The molecule has 0 radical (unpaired) electrons. The van der Waals surface area contributed by atoms with Crippen molar-refractivity contribution >= 4 is 8.25 Å². The van der Waals surface area contributed by atoms with Crippen LogP contribution in [0.4, 0.5) is 0 Å². The predicted molar refractivity (Wildman–Crippen MR) is 483 cm³/mol. The number of benzene rings is 2. The molecule has 0 saturated heterocycles. The van der Waals surface area contributed by atoms with Crippen molar-refractivity contribution in [1.29, 1.82) is 0 Å². The molecule has 0 aliphatic carbocycles. The van der Waals surface area contributed by atoms with Gasteiger partial charge in [0.1, 0.15) is 11.5 Å². The highest BCUT2D eigenvalue weighted by Gasteiger charge is 2.36. The van der Waals surface area contributed by atoms with Gasteiger partial charge in [-0.2, -0.15) is 0 Å². The molecule has 0 aromatic heterocycles. The molecule has 634 valence electrons. The molecule has 0 unspecified atom stereocenters. The Morgan fingerprint density at radius 2 is 0.324 bits per heavy atom. The van der Waals surface area contributed by atoms with Crippen LogP contribution in [0.1, 0.15) is 577 Å². The van der Waals surface area contributed by atoms with Gasteiger partial charge < -0.3 is 19.3 Å². The number of rotatable bonds is 74. The monoisotopic (exact) mass is 1530 g/mol. The van der Waals surface area contributed by atoms with Crippen molar-refractivity contribution in [2.75, 3.05) is 0 Å². The first kappa shape index (κ1) is 102. The minimum atomic E-state index is -3.04. The summed E-state index contributed by atoms with van der Waals surface area (Å²) in [5.74, 6) is 0.956. The molecule has 0 bridgehead atoms. The van der Waals surface area contributed by atoms with E-state index in [1.165, 1.54) is 408 Å². The van der Waals surface area contributed by atoms with E-state index >= 15 is 4.57 Å². The quantitative estimate of drug-likeness (QED) is 0.0510. The van der Waals surface area contributed by atoms with Crippen LogP contribution in [0.2, 0.25) is 0 Å². The largest absolute Gasteiger partial charge is 0.507 e. The Morgan fingerprint density at radius 1 is 0.204 bits per heavy atom. The maximum absolute atomic E-state index is 15.2. The van der Waals surface area contributed by atoms with Crippen LogP contribution < -0.4 is 0 Å². The van der Waals surface area contributed by atoms with Gasteiger partial charge in [0.15, 0.2) is 0 Å². The summed E-state index contributed by atoms with van der Waals surface area (Å²) < 4.78 is 28.9. The Balaban J connectivity index is 2.54. The molecule has 0 atom stereocenters. The lowest BCUT2D eigenvalue weighted by molar-refractivity contribution is 0.210. The zero-order chi connectivity index (χ0) is 79.4. The SMILES string of the molecule is CCCCCCCCCCCCCCCCCCc1c(CO[PH](=O)OCc2c(CCCCCCCCCCCCCCCCCC)c(C(C)(C)C)c(O)c(C(C)(C)C)c2CCCCCCCCCCCCCCCCCC)c(CCCCCCCCCCCCCCCCCC)c(C(C)(C)C)c(O)c1C(C)(C)C. The Labute approximate surface area is 677 Å². The Hall–Kier alpha value is -1.81. The van der Waals surface area contributed by atoms with Crippen molar-refractivity contribution in [2.45, 2.75) is 582 Å². The normalized spacial score (nSPS) is 12.5. The highest BCUT2D eigenvalue weighted by atomic mass is 31.1. The summed E-state index contributed by atoms with van der Waals surface area (Å²) in [5.41, 5.74) is 10.1. The van der Waals surface area contributed by atoms with E-state index in [0.29, 0.717) is 11.5 Å². The summed E-state index contributed by atoms with van der Waals surface area (Å²) >= 11 is 0. The van der Waals surface area contributed by atoms with Crippen molar-refractivity contribution in [3.8, 4) is 11.5 Å². The van der Waals surface area contributed by atoms with Crippen LogP contribution in [0, 0.1) is 0 Å². The maximum atomic E-state index is 15.2. The third-order valence-corrected chi connectivity index (χ3v) is 25.2. The number of phenols is 2. The first-order valence-corrected chi connectivity index (χ1v) is 49.8. The summed E-state index contributed by atoms with van der Waals surface area (Å²) in [5, 5.41) is 25.9. The van der Waals surface area contributed by atoms with Crippen LogP contribution in [-0.4, -0.2) is 10.2 Å². The lowest BCUT2D eigenvalue weighted by atomic mass is 9.71. The zero-order valence-corrected chi connectivity index (χ0v) is 77.1. The van der Waals surface area contributed by atoms with Gasteiger partial charge in [0.25, 0.3) is 0 Å². The average molecular weight is 1530 g/mol. The molecule has 6 heteroatoms. The molecule has 0 amide bonds. The van der Waals surface area contributed by atoms with E-state index in [1.54, 1.807) is 0 Å². The molecule has 0 fully saturated rings. The first-order chi connectivity index (χ1) is 52.0. The molecular weight excluding hydrogens is 1340 g/mol. The molecule has 0 aliphatic heterocycles. The molecule has 2 rings (SSSR count). The smallest absolute Gasteiger partial charge is 0.319 e. The Morgan fingerprint density at radius 3 is 0.444 bits per heavy atom. The molecule has 0 heterocycles. The number of unbranched alkanes of at least 4 members (excludes halogenated alkanes) is 60. The van der Waals surface area contributed by atoms with Gasteiger partial charge in [0, 0.05) is 22.3 Å². The molecule has 2 N–H and O–H groups in total. The Kier molecular flexibility index (Phi) is 61.0. The fourth-order valence-electron chi connectivity index (χ4n) is 18.2. The van der Waals surface area contributed by atoms with Crippen LogP contribution in [0.15, 0.2) is 0 Å². The minimum Gasteiger partial charge on any atom is -0.507 e. The molecule has 0 aliphatic rings.